The van der Waals surface area contributed by atoms with Crippen LogP contribution < -0.4 is 0 Å². The molecule has 2 rings (SSSR count). The summed E-state index contributed by atoms with van der Waals surface area (Å²) in [6, 6.07) is 0. The first-order chi connectivity index (χ1) is 7.27. The summed E-state index contributed by atoms with van der Waals surface area (Å²) in [5.41, 5.74) is 0.418. The van der Waals surface area contributed by atoms with Crippen molar-refractivity contribution in [2.75, 3.05) is 13.6 Å². The zero-order valence-electron chi connectivity index (χ0n) is 11.3. The van der Waals surface area contributed by atoms with Gasteiger partial charge in [0, 0.05) is 19.5 Å². The van der Waals surface area contributed by atoms with Crippen molar-refractivity contribution in [2.24, 2.45) is 17.3 Å². The van der Waals surface area contributed by atoms with E-state index in [-0.39, 0.29) is 0 Å². The summed E-state index contributed by atoms with van der Waals surface area (Å²) in [5.74, 6) is 1.46. The number of fused-ring (bicyclic) bond motifs is 1. The third-order valence-corrected chi connectivity index (χ3v) is 6.32. The van der Waals surface area contributed by atoms with Gasteiger partial charge in [0.05, 0.1) is 4.99 Å². The molecule has 0 spiro atoms. The fourth-order valence-corrected chi connectivity index (χ4v) is 4.00. The third-order valence-electron chi connectivity index (χ3n) is 5.71. The fourth-order valence-electron chi connectivity index (χ4n) is 3.63. The van der Waals surface area contributed by atoms with Crippen molar-refractivity contribution in [1.82, 2.24) is 4.90 Å². The summed E-state index contributed by atoms with van der Waals surface area (Å²) in [5, 5.41) is 0.458. The summed E-state index contributed by atoms with van der Waals surface area (Å²) in [6.45, 7) is 8.50. The molecular weight excluding hydrogens is 213 g/mol. The Kier molecular flexibility index (Phi) is 2.89. The lowest BCUT2D eigenvalue weighted by Crippen LogP contribution is -2.53. The first kappa shape index (κ1) is 12.4. The summed E-state index contributed by atoms with van der Waals surface area (Å²) in [7, 11) is 4.59. The smallest absolute Gasteiger partial charge is 0.109 e. The van der Waals surface area contributed by atoms with Gasteiger partial charge in [-0.25, -0.2) is 0 Å². The molecule has 0 amide bonds. The van der Waals surface area contributed by atoms with Gasteiger partial charge in [-0.15, -0.1) is 0 Å². The Hall–Kier alpha value is -0.0451. The molecular formula is C13H24BNS. The number of thiocarbonyl (C=S) groups is 1. The molecule has 0 aromatic heterocycles. The molecule has 0 bridgehead atoms. The lowest BCUT2D eigenvalue weighted by molar-refractivity contribution is 0.0347. The second-order valence-corrected chi connectivity index (χ2v) is 7.32. The number of hydrogen-bond acceptors (Lipinski definition) is 1. The van der Waals surface area contributed by atoms with Crippen LogP contribution in [-0.4, -0.2) is 31.3 Å². The van der Waals surface area contributed by atoms with Crippen LogP contribution in [0.1, 0.15) is 40.0 Å². The average molecular weight is 237 g/mol. The van der Waals surface area contributed by atoms with Crippen molar-refractivity contribution in [3.05, 3.63) is 0 Å². The number of piperidine rings is 1. The summed E-state index contributed by atoms with van der Waals surface area (Å²) < 4.78 is 0. The van der Waals surface area contributed by atoms with Crippen LogP contribution in [0.25, 0.3) is 0 Å². The highest BCUT2D eigenvalue weighted by Gasteiger charge is 2.51. The van der Waals surface area contributed by atoms with E-state index in [0.29, 0.717) is 16.6 Å². The minimum Gasteiger partial charge on any atom is -0.369 e. The quantitative estimate of drug-likeness (QED) is 0.470. The van der Waals surface area contributed by atoms with Gasteiger partial charge in [0.15, 0.2) is 0 Å². The molecule has 1 saturated carbocycles. The Morgan fingerprint density at radius 1 is 1.31 bits per heavy atom. The van der Waals surface area contributed by atoms with Gasteiger partial charge in [-0.1, -0.05) is 44.7 Å². The van der Waals surface area contributed by atoms with Crippen molar-refractivity contribution >= 4 is 25.1 Å². The molecule has 0 radical (unpaired) electrons. The van der Waals surface area contributed by atoms with Gasteiger partial charge >= 0.3 is 0 Å². The topological polar surface area (TPSA) is 3.24 Å². The molecule has 2 aliphatic rings. The third kappa shape index (κ3) is 1.63. The Morgan fingerprint density at radius 3 is 2.56 bits per heavy atom. The van der Waals surface area contributed by atoms with Crippen LogP contribution in [0.2, 0.25) is 5.31 Å². The number of likely N-dealkylation sites (tertiary alicyclic amines) is 1. The second-order valence-electron chi connectivity index (χ2n) is 6.91. The SMILES string of the molecule is BC1(C)CCC2C(=S)N(C)CCC2C1(C)C. The van der Waals surface area contributed by atoms with Crippen LogP contribution in [0, 0.1) is 17.3 Å². The largest absolute Gasteiger partial charge is 0.369 e. The molecule has 1 heterocycles. The Balaban J connectivity index is 2.29. The van der Waals surface area contributed by atoms with E-state index in [9.17, 15) is 0 Å². The highest BCUT2D eigenvalue weighted by molar-refractivity contribution is 7.80. The fraction of sp³-hybridized carbons (Fsp3) is 0.923. The molecule has 16 heavy (non-hydrogen) atoms. The van der Waals surface area contributed by atoms with Gasteiger partial charge in [-0.3, -0.25) is 0 Å². The molecule has 1 aliphatic carbocycles. The van der Waals surface area contributed by atoms with Crippen molar-refractivity contribution in [3.63, 3.8) is 0 Å². The molecule has 3 atom stereocenters. The summed E-state index contributed by atoms with van der Waals surface area (Å²) in [6.07, 6.45) is 3.93. The lowest BCUT2D eigenvalue weighted by Gasteiger charge is -2.57. The maximum atomic E-state index is 5.63. The number of hydrogen-bond donors (Lipinski definition) is 0. The van der Waals surface area contributed by atoms with Crippen LogP contribution in [-0.2, 0) is 0 Å². The van der Waals surface area contributed by atoms with Crippen molar-refractivity contribution in [2.45, 2.75) is 45.3 Å². The molecule has 1 aliphatic heterocycles. The first-order valence-electron chi connectivity index (χ1n) is 6.52. The van der Waals surface area contributed by atoms with Gasteiger partial charge < -0.3 is 4.90 Å². The minimum absolute atomic E-state index is 0.418. The Morgan fingerprint density at radius 2 is 1.94 bits per heavy atom. The van der Waals surface area contributed by atoms with Crippen molar-refractivity contribution < 1.29 is 0 Å². The molecule has 0 aromatic carbocycles. The number of nitrogens with zero attached hydrogens (tertiary/aromatic N) is 1. The predicted molar refractivity (Wildman–Crippen MR) is 76.8 cm³/mol. The molecule has 3 unspecified atom stereocenters. The van der Waals surface area contributed by atoms with E-state index in [1.54, 1.807) is 0 Å². The van der Waals surface area contributed by atoms with E-state index < -0.39 is 0 Å². The van der Waals surface area contributed by atoms with E-state index in [1.165, 1.54) is 24.3 Å². The summed E-state index contributed by atoms with van der Waals surface area (Å²) in [4.78, 5) is 3.52. The van der Waals surface area contributed by atoms with E-state index in [1.807, 2.05) is 0 Å². The molecule has 0 aromatic rings. The monoisotopic (exact) mass is 237 g/mol. The molecule has 3 heteroatoms. The normalized spacial score (nSPS) is 43.0. The average Bonchev–Trinajstić information content (AvgIpc) is 2.18. The van der Waals surface area contributed by atoms with Crippen LogP contribution in [0.3, 0.4) is 0 Å². The zero-order valence-corrected chi connectivity index (χ0v) is 12.2. The number of rotatable bonds is 0. The standard InChI is InChI=1S/C13H24BNS/c1-12(2)10-6-8-15(4)11(16)9(10)5-7-13(12,3)14/h9-10H,5-8,14H2,1-4H3. The molecule has 1 nitrogen and oxygen atoms in total. The van der Waals surface area contributed by atoms with E-state index in [4.69, 9.17) is 12.2 Å². The van der Waals surface area contributed by atoms with E-state index in [2.05, 4.69) is 40.6 Å². The first-order valence-corrected chi connectivity index (χ1v) is 6.93. The second kappa shape index (κ2) is 3.73. The highest BCUT2D eigenvalue weighted by atomic mass is 32.1. The van der Waals surface area contributed by atoms with Gasteiger partial charge in [-0.05, 0) is 24.2 Å². The van der Waals surface area contributed by atoms with Gasteiger partial charge in [0.1, 0.15) is 7.85 Å². The molecule has 2 fully saturated rings. The van der Waals surface area contributed by atoms with Crippen LogP contribution >= 0.6 is 12.2 Å². The van der Waals surface area contributed by atoms with E-state index >= 15 is 0 Å². The van der Waals surface area contributed by atoms with Crippen molar-refractivity contribution in [1.29, 1.82) is 0 Å². The predicted octanol–water partition coefficient (Wildman–Crippen LogP) is 2.51. The van der Waals surface area contributed by atoms with Gasteiger partial charge in [0.25, 0.3) is 0 Å². The highest BCUT2D eigenvalue weighted by Crippen LogP contribution is 2.60. The minimum atomic E-state index is 0.418. The Labute approximate surface area is 106 Å². The molecule has 1 saturated heterocycles. The van der Waals surface area contributed by atoms with E-state index in [0.717, 1.165) is 12.5 Å². The van der Waals surface area contributed by atoms with Crippen LogP contribution in [0.4, 0.5) is 0 Å². The Bertz CT molecular complexity index is 311. The van der Waals surface area contributed by atoms with Gasteiger partial charge in [-0.2, -0.15) is 0 Å². The summed E-state index contributed by atoms with van der Waals surface area (Å²) >= 11 is 5.63. The van der Waals surface area contributed by atoms with Crippen LogP contribution in [0.5, 0.6) is 0 Å². The molecule has 90 valence electrons. The van der Waals surface area contributed by atoms with Gasteiger partial charge in [0.2, 0.25) is 0 Å². The maximum Gasteiger partial charge on any atom is 0.109 e. The zero-order chi connectivity index (χ0) is 12.1. The molecule has 0 N–H and O–H groups in total. The maximum absolute atomic E-state index is 5.63. The lowest BCUT2D eigenvalue weighted by atomic mass is 9.43. The van der Waals surface area contributed by atoms with Crippen molar-refractivity contribution in [3.8, 4) is 0 Å². The van der Waals surface area contributed by atoms with Crippen LogP contribution in [0.15, 0.2) is 0 Å².